The van der Waals surface area contributed by atoms with Crippen LogP contribution in [0.25, 0.3) is 11.3 Å². The number of rotatable bonds is 3. The second-order valence-corrected chi connectivity index (χ2v) is 4.71. The topological polar surface area (TPSA) is 50.1 Å². The molecule has 2 N–H and O–H groups in total. The summed E-state index contributed by atoms with van der Waals surface area (Å²) in [6.07, 6.45) is 3.79. The quantitative estimate of drug-likeness (QED) is 0.914. The van der Waals surface area contributed by atoms with Crippen LogP contribution in [0.2, 0.25) is 0 Å². The molecule has 1 aromatic heterocycles. The number of oxazole rings is 1. The molecule has 4 nitrogen and oxygen atoms in total. The van der Waals surface area contributed by atoms with Crippen LogP contribution in [-0.2, 0) is 0 Å². The lowest BCUT2D eigenvalue weighted by Gasteiger charge is -2.22. The number of aromatic nitrogens is 1. The van der Waals surface area contributed by atoms with Gasteiger partial charge in [-0.1, -0.05) is 0 Å². The van der Waals surface area contributed by atoms with Crippen molar-refractivity contribution in [3.05, 3.63) is 36.3 Å². The Balaban J connectivity index is 0.00000147. The Morgan fingerprint density at radius 3 is 2.60 bits per heavy atom. The van der Waals surface area contributed by atoms with Gasteiger partial charge >= 0.3 is 0 Å². The Bertz CT molecular complexity index is 538. The fraction of sp³-hybridized carbons (Fsp3) is 0.357. The van der Waals surface area contributed by atoms with Gasteiger partial charge in [-0.2, -0.15) is 0 Å². The number of hydrogen-bond donors (Lipinski definition) is 2. The molecule has 3 rings (SSSR count). The van der Waals surface area contributed by atoms with Gasteiger partial charge in [0, 0.05) is 11.6 Å². The summed E-state index contributed by atoms with van der Waals surface area (Å²) in [6.45, 7) is 2.03. The van der Waals surface area contributed by atoms with Crippen LogP contribution >= 0.6 is 12.4 Å². The molecule has 108 valence electrons. The van der Waals surface area contributed by atoms with E-state index in [9.17, 15) is 4.39 Å². The fourth-order valence-electron chi connectivity index (χ4n) is 2.23. The Hall–Kier alpha value is -1.59. The number of nitrogens with one attached hydrogen (secondary N) is 2. The van der Waals surface area contributed by atoms with Crippen LogP contribution < -0.4 is 10.6 Å². The third-order valence-electron chi connectivity index (χ3n) is 3.30. The van der Waals surface area contributed by atoms with Gasteiger partial charge in [-0.3, -0.25) is 0 Å². The maximum atomic E-state index is 12.9. The van der Waals surface area contributed by atoms with E-state index in [0.29, 0.717) is 17.8 Å². The summed E-state index contributed by atoms with van der Waals surface area (Å²) in [5.74, 6) is 0.396. The van der Waals surface area contributed by atoms with Gasteiger partial charge in [-0.05, 0) is 50.2 Å². The highest BCUT2D eigenvalue weighted by Crippen LogP contribution is 2.23. The fourth-order valence-corrected chi connectivity index (χ4v) is 2.23. The summed E-state index contributed by atoms with van der Waals surface area (Å²) < 4.78 is 18.5. The zero-order chi connectivity index (χ0) is 13.1. The summed E-state index contributed by atoms with van der Waals surface area (Å²) in [7, 11) is 0. The zero-order valence-electron chi connectivity index (χ0n) is 10.9. The van der Waals surface area contributed by atoms with Crippen LogP contribution in [0.5, 0.6) is 0 Å². The summed E-state index contributed by atoms with van der Waals surface area (Å²) in [5.41, 5.74) is 0.826. The average molecular weight is 298 g/mol. The Labute approximate surface area is 123 Å². The SMILES string of the molecule is Cl.Fc1ccc(-c2cnc(NC3CCNCC3)o2)cc1. The molecule has 20 heavy (non-hydrogen) atoms. The molecule has 1 fully saturated rings. The molecule has 0 aliphatic carbocycles. The average Bonchev–Trinajstić information content (AvgIpc) is 2.89. The van der Waals surface area contributed by atoms with E-state index in [-0.39, 0.29) is 18.2 Å². The van der Waals surface area contributed by atoms with E-state index < -0.39 is 0 Å². The summed E-state index contributed by atoms with van der Waals surface area (Å²) >= 11 is 0. The van der Waals surface area contributed by atoms with E-state index in [1.165, 1.54) is 12.1 Å². The molecular formula is C14H17ClFN3O. The van der Waals surface area contributed by atoms with Crippen molar-refractivity contribution in [2.45, 2.75) is 18.9 Å². The van der Waals surface area contributed by atoms with Crippen molar-refractivity contribution in [3.63, 3.8) is 0 Å². The lowest BCUT2D eigenvalue weighted by Crippen LogP contribution is -2.35. The minimum Gasteiger partial charge on any atom is -0.424 e. The third-order valence-corrected chi connectivity index (χ3v) is 3.30. The van der Waals surface area contributed by atoms with Gasteiger partial charge in [0.25, 0.3) is 6.01 Å². The molecule has 2 aromatic rings. The van der Waals surface area contributed by atoms with Crippen LogP contribution in [0.1, 0.15) is 12.8 Å². The Morgan fingerprint density at radius 1 is 1.20 bits per heavy atom. The standard InChI is InChI=1S/C14H16FN3O.ClH/c15-11-3-1-10(2-4-11)13-9-17-14(19-13)18-12-5-7-16-8-6-12;/h1-4,9,12,16H,5-8H2,(H,17,18);1H. The lowest BCUT2D eigenvalue weighted by atomic mass is 10.1. The first-order chi connectivity index (χ1) is 9.31. The highest BCUT2D eigenvalue weighted by atomic mass is 35.5. The monoisotopic (exact) mass is 297 g/mol. The number of benzene rings is 1. The lowest BCUT2D eigenvalue weighted by molar-refractivity contribution is 0.464. The molecule has 0 spiro atoms. The summed E-state index contributed by atoms with van der Waals surface area (Å²) in [6, 6.07) is 7.14. The minimum atomic E-state index is -0.253. The van der Waals surface area contributed by atoms with Crippen LogP contribution in [-0.4, -0.2) is 24.1 Å². The molecule has 0 radical (unpaired) electrons. The molecule has 1 aliphatic heterocycles. The van der Waals surface area contributed by atoms with E-state index in [1.54, 1.807) is 18.3 Å². The first-order valence-corrected chi connectivity index (χ1v) is 6.50. The van der Waals surface area contributed by atoms with E-state index in [4.69, 9.17) is 4.42 Å². The molecule has 0 saturated carbocycles. The Kier molecular flexibility index (Phi) is 4.98. The first kappa shape index (κ1) is 14.8. The van der Waals surface area contributed by atoms with Crippen LogP contribution in [0.15, 0.2) is 34.9 Å². The van der Waals surface area contributed by atoms with Crippen molar-refractivity contribution in [1.29, 1.82) is 0 Å². The van der Waals surface area contributed by atoms with Gasteiger partial charge in [-0.15, -0.1) is 12.4 Å². The molecule has 2 heterocycles. The van der Waals surface area contributed by atoms with E-state index in [2.05, 4.69) is 15.6 Å². The smallest absolute Gasteiger partial charge is 0.295 e. The van der Waals surface area contributed by atoms with Crippen molar-refractivity contribution in [2.75, 3.05) is 18.4 Å². The number of anilines is 1. The molecule has 1 aliphatic rings. The highest BCUT2D eigenvalue weighted by Gasteiger charge is 2.15. The molecular weight excluding hydrogens is 281 g/mol. The Morgan fingerprint density at radius 2 is 1.90 bits per heavy atom. The summed E-state index contributed by atoms with van der Waals surface area (Å²) in [4.78, 5) is 4.22. The maximum Gasteiger partial charge on any atom is 0.295 e. The zero-order valence-corrected chi connectivity index (χ0v) is 11.8. The molecule has 1 saturated heterocycles. The second-order valence-electron chi connectivity index (χ2n) is 4.71. The van der Waals surface area contributed by atoms with Crippen LogP contribution in [0.4, 0.5) is 10.4 Å². The molecule has 6 heteroatoms. The third kappa shape index (κ3) is 3.49. The molecule has 0 unspecified atom stereocenters. The normalized spacial score (nSPS) is 15.7. The largest absolute Gasteiger partial charge is 0.424 e. The number of piperidine rings is 1. The minimum absolute atomic E-state index is 0. The predicted molar refractivity (Wildman–Crippen MR) is 78.7 cm³/mol. The van der Waals surface area contributed by atoms with Gasteiger partial charge in [0.2, 0.25) is 0 Å². The van der Waals surface area contributed by atoms with Crippen molar-refractivity contribution in [2.24, 2.45) is 0 Å². The van der Waals surface area contributed by atoms with Crippen molar-refractivity contribution >= 4 is 18.4 Å². The maximum absolute atomic E-state index is 12.9. The molecule has 1 aromatic carbocycles. The van der Waals surface area contributed by atoms with Crippen molar-refractivity contribution in [1.82, 2.24) is 10.3 Å². The number of hydrogen-bond acceptors (Lipinski definition) is 4. The summed E-state index contributed by atoms with van der Waals surface area (Å²) in [5, 5.41) is 6.60. The second kappa shape index (κ2) is 6.72. The van der Waals surface area contributed by atoms with Crippen molar-refractivity contribution in [3.8, 4) is 11.3 Å². The first-order valence-electron chi connectivity index (χ1n) is 6.50. The van der Waals surface area contributed by atoms with Crippen LogP contribution in [0, 0.1) is 5.82 Å². The van der Waals surface area contributed by atoms with Gasteiger partial charge < -0.3 is 15.1 Å². The van der Waals surface area contributed by atoms with Gasteiger partial charge in [-0.25, -0.2) is 9.37 Å². The molecule has 0 bridgehead atoms. The van der Waals surface area contributed by atoms with E-state index >= 15 is 0 Å². The molecule has 0 amide bonds. The van der Waals surface area contributed by atoms with Crippen molar-refractivity contribution < 1.29 is 8.81 Å². The predicted octanol–water partition coefficient (Wildman–Crippen LogP) is 3.07. The van der Waals surface area contributed by atoms with E-state index in [1.807, 2.05) is 0 Å². The van der Waals surface area contributed by atoms with Gasteiger partial charge in [0.1, 0.15) is 5.82 Å². The van der Waals surface area contributed by atoms with E-state index in [0.717, 1.165) is 31.5 Å². The highest BCUT2D eigenvalue weighted by molar-refractivity contribution is 5.85. The van der Waals surface area contributed by atoms with Gasteiger partial charge in [0.15, 0.2) is 5.76 Å². The number of nitrogens with zero attached hydrogens (tertiary/aromatic N) is 1. The van der Waals surface area contributed by atoms with Gasteiger partial charge in [0.05, 0.1) is 6.20 Å². The van der Waals surface area contributed by atoms with Crippen LogP contribution in [0.3, 0.4) is 0 Å². The number of halogens is 2. The molecule has 0 atom stereocenters.